The van der Waals surface area contributed by atoms with Gasteiger partial charge in [-0.1, -0.05) is 23.9 Å². The lowest BCUT2D eigenvalue weighted by Crippen LogP contribution is -2.32. The van der Waals surface area contributed by atoms with Gasteiger partial charge >= 0.3 is 0 Å². The molecule has 0 saturated carbocycles. The van der Waals surface area contributed by atoms with Crippen LogP contribution in [0.25, 0.3) is 0 Å². The molecule has 31 heavy (non-hydrogen) atoms. The maximum absolute atomic E-state index is 13.1. The number of hydrogen-bond acceptors (Lipinski definition) is 7. The van der Waals surface area contributed by atoms with Crippen molar-refractivity contribution >= 4 is 29.0 Å². The van der Waals surface area contributed by atoms with Crippen LogP contribution in [0.5, 0.6) is 11.5 Å². The van der Waals surface area contributed by atoms with Gasteiger partial charge in [0.05, 0.1) is 11.8 Å². The summed E-state index contributed by atoms with van der Waals surface area (Å²) in [6.07, 6.45) is 4.66. The maximum Gasteiger partial charge on any atom is 0.233 e. The summed E-state index contributed by atoms with van der Waals surface area (Å²) in [7, 11) is 0. The second kappa shape index (κ2) is 9.32. The van der Waals surface area contributed by atoms with Gasteiger partial charge in [0.15, 0.2) is 16.7 Å². The van der Waals surface area contributed by atoms with Crippen LogP contribution in [0.4, 0.5) is 0 Å². The van der Waals surface area contributed by atoms with Crippen molar-refractivity contribution in [2.24, 2.45) is 0 Å². The number of benzene rings is 1. The van der Waals surface area contributed by atoms with Gasteiger partial charge in [-0.25, -0.2) is 0 Å². The van der Waals surface area contributed by atoms with Crippen molar-refractivity contribution in [2.75, 3.05) is 25.5 Å². The lowest BCUT2D eigenvalue weighted by Gasteiger charge is -2.26. The summed E-state index contributed by atoms with van der Waals surface area (Å²) in [5.74, 6) is 2.05. The first-order valence-corrected chi connectivity index (χ1v) is 12.4. The van der Waals surface area contributed by atoms with Gasteiger partial charge in [0.2, 0.25) is 5.91 Å². The summed E-state index contributed by atoms with van der Waals surface area (Å²) in [5.41, 5.74) is 1.11. The maximum atomic E-state index is 13.1. The van der Waals surface area contributed by atoms with Crippen LogP contribution >= 0.6 is 23.1 Å². The number of aromatic nitrogens is 3. The standard InChI is InChI=1S/C22H24N4O3S2/c27-21(14-31-22-24-23-15-25(22)9-7-17-3-2-12-30-17)26-8-1-4-18(26)16-5-6-19-20(13-16)29-11-10-28-19/h2-3,5-6,12-13,15,18H,1,4,7-11,14H2/t18-/m0/s1. The van der Waals surface area contributed by atoms with Gasteiger partial charge in [0.25, 0.3) is 0 Å². The number of thioether (sulfide) groups is 1. The molecule has 1 saturated heterocycles. The molecule has 4 heterocycles. The van der Waals surface area contributed by atoms with E-state index in [2.05, 4.69) is 33.8 Å². The SMILES string of the molecule is O=C(CSc1nncn1CCc1cccs1)N1CCC[C@H]1c1ccc2c(c1)OCCO2. The molecule has 2 aromatic heterocycles. The van der Waals surface area contributed by atoms with Gasteiger partial charge in [-0.05, 0) is 48.4 Å². The summed E-state index contributed by atoms with van der Waals surface area (Å²) in [6.45, 7) is 2.74. The minimum atomic E-state index is 0.0839. The van der Waals surface area contributed by atoms with Gasteiger partial charge in [0.1, 0.15) is 19.5 Å². The molecule has 9 heteroatoms. The second-order valence-corrected chi connectivity index (χ2v) is 9.55. The van der Waals surface area contributed by atoms with Crippen LogP contribution in [0, 0.1) is 0 Å². The Hall–Kier alpha value is -2.52. The summed E-state index contributed by atoms with van der Waals surface area (Å²) >= 11 is 3.22. The Labute approximate surface area is 189 Å². The molecule has 0 aliphatic carbocycles. The molecule has 0 N–H and O–H groups in total. The summed E-state index contributed by atoms with van der Waals surface area (Å²) < 4.78 is 13.4. The Morgan fingerprint density at radius 2 is 2.13 bits per heavy atom. The van der Waals surface area contributed by atoms with Crippen LogP contribution in [0.2, 0.25) is 0 Å². The minimum Gasteiger partial charge on any atom is -0.486 e. The van der Waals surface area contributed by atoms with Crippen molar-refractivity contribution in [3.8, 4) is 11.5 Å². The highest BCUT2D eigenvalue weighted by Crippen LogP contribution is 2.38. The molecule has 1 aromatic carbocycles. The number of thiophene rings is 1. The van der Waals surface area contributed by atoms with E-state index in [1.807, 2.05) is 21.6 Å². The van der Waals surface area contributed by atoms with Gasteiger partial charge in [0, 0.05) is 18.0 Å². The number of rotatable bonds is 7. The second-order valence-electron chi connectivity index (χ2n) is 7.57. The van der Waals surface area contributed by atoms with Crippen molar-refractivity contribution in [1.82, 2.24) is 19.7 Å². The van der Waals surface area contributed by atoms with E-state index in [0.29, 0.717) is 19.0 Å². The molecule has 0 unspecified atom stereocenters. The largest absolute Gasteiger partial charge is 0.486 e. The smallest absolute Gasteiger partial charge is 0.233 e. The molecule has 2 aliphatic heterocycles. The quantitative estimate of drug-likeness (QED) is 0.504. The monoisotopic (exact) mass is 456 g/mol. The predicted molar refractivity (Wildman–Crippen MR) is 120 cm³/mol. The lowest BCUT2D eigenvalue weighted by atomic mass is 10.0. The van der Waals surface area contributed by atoms with Gasteiger partial charge < -0.3 is 18.9 Å². The van der Waals surface area contributed by atoms with Crippen LogP contribution in [0.1, 0.15) is 29.3 Å². The topological polar surface area (TPSA) is 69.5 Å². The van der Waals surface area contributed by atoms with Crippen molar-refractivity contribution in [2.45, 2.75) is 37.0 Å². The fraction of sp³-hybridized carbons (Fsp3) is 0.409. The van der Waals surface area contributed by atoms with Crippen LogP contribution in [-0.4, -0.2) is 51.1 Å². The molecule has 0 radical (unpaired) electrons. The third-order valence-corrected chi connectivity index (χ3v) is 7.51. The molecule has 7 nitrogen and oxygen atoms in total. The number of aryl methyl sites for hydroxylation is 2. The Balaban J connectivity index is 1.21. The molecule has 0 bridgehead atoms. The van der Waals surface area contributed by atoms with Crippen molar-refractivity contribution < 1.29 is 14.3 Å². The minimum absolute atomic E-state index is 0.0839. The molecule has 1 amide bonds. The lowest BCUT2D eigenvalue weighted by molar-refractivity contribution is -0.129. The Kier molecular flexibility index (Phi) is 6.13. The Morgan fingerprint density at radius 1 is 1.23 bits per heavy atom. The highest BCUT2D eigenvalue weighted by Gasteiger charge is 2.31. The number of amides is 1. The molecular formula is C22H24N4O3S2. The van der Waals surface area contributed by atoms with Gasteiger partial charge in [-0.3, -0.25) is 4.79 Å². The normalized spacial score (nSPS) is 17.8. The number of ether oxygens (including phenoxy) is 2. The van der Waals surface area contributed by atoms with E-state index < -0.39 is 0 Å². The fourth-order valence-corrected chi connectivity index (χ4v) is 5.61. The molecule has 0 spiro atoms. The van der Waals surface area contributed by atoms with Crippen molar-refractivity contribution in [3.63, 3.8) is 0 Å². The Bertz CT molecular complexity index is 1040. The number of nitrogens with zero attached hydrogens (tertiary/aromatic N) is 4. The Morgan fingerprint density at radius 3 is 3.00 bits per heavy atom. The van der Waals surface area contributed by atoms with E-state index in [1.165, 1.54) is 16.6 Å². The van der Waals surface area contributed by atoms with Gasteiger partial charge in [-0.15, -0.1) is 21.5 Å². The summed E-state index contributed by atoms with van der Waals surface area (Å²) in [6, 6.07) is 10.3. The van der Waals surface area contributed by atoms with Crippen LogP contribution in [-0.2, 0) is 17.8 Å². The third kappa shape index (κ3) is 4.57. The number of carbonyl (C=O) groups is 1. The van der Waals surface area contributed by atoms with E-state index in [9.17, 15) is 4.79 Å². The predicted octanol–water partition coefficient (Wildman–Crippen LogP) is 3.81. The first-order valence-electron chi connectivity index (χ1n) is 10.5. The van der Waals surface area contributed by atoms with Crippen molar-refractivity contribution in [1.29, 1.82) is 0 Å². The zero-order chi connectivity index (χ0) is 21.0. The molecule has 5 rings (SSSR count). The fourth-order valence-electron chi connectivity index (χ4n) is 4.08. The number of carbonyl (C=O) groups excluding carboxylic acids is 1. The van der Waals surface area contributed by atoms with E-state index >= 15 is 0 Å². The average Bonchev–Trinajstić information content (AvgIpc) is 3.57. The zero-order valence-corrected chi connectivity index (χ0v) is 18.7. The van der Waals surface area contributed by atoms with Gasteiger partial charge in [-0.2, -0.15) is 0 Å². The average molecular weight is 457 g/mol. The zero-order valence-electron chi connectivity index (χ0n) is 17.1. The molecule has 162 valence electrons. The van der Waals surface area contributed by atoms with E-state index in [-0.39, 0.29) is 11.9 Å². The number of fused-ring (bicyclic) bond motifs is 1. The molecule has 3 aromatic rings. The van der Waals surface area contributed by atoms with Crippen LogP contribution in [0.15, 0.2) is 47.2 Å². The summed E-state index contributed by atoms with van der Waals surface area (Å²) in [5, 5.41) is 11.1. The van der Waals surface area contributed by atoms with E-state index in [4.69, 9.17) is 9.47 Å². The first-order chi connectivity index (χ1) is 15.3. The highest BCUT2D eigenvalue weighted by atomic mass is 32.2. The molecule has 1 atom stereocenters. The number of likely N-dealkylation sites (tertiary alicyclic amines) is 1. The molecule has 2 aliphatic rings. The highest BCUT2D eigenvalue weighted by molar-refractivity contribution is 7.99. The van der Waals surface area contributed by atoms with E-state index in [0.717, 1.165) is 54.6 Å². The third-order valence-electron chi connectivity index (χ3n) is 5.61. The first kappa shape index (κ1) is 20.4. The number of hydrogen-bond donors (Lipinski definition) is 0. The molecule has 1 fully saturated rings. The van der Waals surface area contributed by atoms with E-state index in [1.54, 1.807) is 17.7 Å². The van der Waals surface area contributed by atoms with Crippen molar-refractivity contribution in [3.05, 3.63) is 52.5 Å². The molecular weight excluding hydrogens is 432 g/mol. The van der Waals surface area contributed by atoms with Crippen LogP contribution < -0.4 is 9.47 Å². The van der Waals surface area contributed by atoms with Crippen LogP contribution in [0.3, 0.4) is 0 Å². The summed E-state index contributed by atoms with van der Waals surface area (Å²) in [4.78, 5) is 16.4.